The molecule has 0 saturated heterocycles. The van der Waals surface area contributed by atoms with Gasteiger partial charge in [-0.25, -0.2) is 8.42 Å². The molecule has 18 heavy (non-hydrogen) atoms. The smallest absolute Gasteiger partial charge is 0.262 e. The number of amides is 1. The van der Waals surface area contributed by atoms with E-state index >= 15 is 0 Å². The molecule has 0 aliphatic carbocycles. The van der Waals surface area contributed by atoms with Gasteiger partial charge in [0.15, 0.2) is 0 Å². The standard InChI is InChI=1S/C12H17NO4S/c1-10(17-2)12(14)13-18(15,16)9-8-11-6-4-3-5-7-11/h3-7,10H,8-9H2,1-2H3,(H,13,14). The number of sulfonamides is 1. The first-order valence-electron chi connectivity index (χ1n) is 5.55. The first-order valence-corrected chi connectivity index (χ1v) is 7.21. The molecule has 0 fully saturated rings. The van der Waals surface area contributed by atoms with Gasteiger partial charge in [-0.2, -0.15) is 0 Å². The van der Waals surface area contributed by atoms with Gasteiger partial charge in [0, 0.05) is 7.11 Å². The molecule has 0 radical (unpaired) electrons. The molecule has 0 saturated carbocycles. The van der Waals surface area contributed by atoms with Crippen molar-refractivity contribution in [3.05, 3.63) is 35.9 Å². The van der Waals surface area contributed by atoms with E-state index in [2.05, 4.69) is 0 Å². The lowest BCUT2D eigenvalue weighted by atomic mass is 10.2. The normalized spacial score (nSPS) is 13.0. The molecule has 1 unspecified atom stereocenters. The number of hydrogen-bond acceptors (Lipinski definition) is 4. The SMILES string of the molecule is COC(C)C(=O)NS(=O)(=O)CCc1ccccc1. The van der Waals surface area contributed by atoms with Crippen molar-refractivity contribution in [2.45, 2.75) is 19.4 Å². The molecule has 1 atom stereocenters. The van der Waals surface area contributed by atoms with Crippen molar-refractivity contribution in [3.63, 3.8) is 0 Å². The van der Waals surface area contributed by atoms with Crippen LogP contribution in [0.15, 0.2) is 30.3 Å². The van der Waals surface area contributed by atoms with Gasteiger partial charge in [-0.15, -0.1) is 0 Å². The zero-order valence-electron chi connectivity index (χ0n) is 10.4. The molecular weight excluding hydrogens is 254 g/mol. The van der Waals surface area contributed by atoms with Crippen LogP contribution < -0.4 is 4.72 Å². The summed E-state index contributed by atoms with van der Waals surface area (Å²) in [7, 11) is -2.27. The van der Waals surface area contributed by atoms with Crippen LogP contribution in [0.2, 0.25) is 0 Å². The second kappa shape index (κ2) is 6.51. The largest absolute Gasteiger partial charge is 0.372 e. The second-order valence-electron chi connectivity index (χ2n) is 3.90. The number of carbonyl (C=O) groups is 1. The number of methoxy groups -OCH3 is 1. The van der Waals surface area contributed by atoms with Crippen molar-refractivity contribution >= 4 is 15.9 Å². The van der Waals surface area contributed by atoms with E-state index in [4.69, 9.17) is 4.74 Å². The van der Waals surface area contributed by atoms with E-state index in [0.29, 0.717) is 6.42 Å². The molecule has 1 amide bonds. The molecule has 0 aromatic heterocycles. The van der Waals surface area contributed by atoms with E-state index in [1.54, 1.807) is 0 Å². The van der Waals surface area contributed by atoms with E-state index < -0.39 is 22.0 Å². The van der Waals surface area contributed by atoms with Gasteiger partial charge in [0.05, 0.1) is 5.75 Å². The predicted octanol–water partition coefficient (Wildman–Crippen LogP) is 0.710. The van der Waals surface area contributed by atoms with Crippen molar-refractivity contribution in [2.75, 3.05) is 12.9 Å². The number of ether oxygens (including phenoxy) is 1. The maximum atomic E-state index is 11.6. The zero-order chi connectivity index (χ0) is 13.6. The van der Waals surface area contributed by atoms with Crippen molar-refractivity contribution in [1.82, 2.24) is 4.72 Å². The molecule has 1 aromatic rings. The Kier molecular flexibility index (Phi) is 5.30. The average Bonchev–Trinajstić information content (AvgIpc) is 2.36. The minimum Gasteiger partial charge on any atom is -0.372 e. The topological polar surface area (TPSA) is 72.5 Å². The fourth-order valence-electron chi connectivity index (χ4n) is 1.29. The third-order valence-corrected chi connectivity index (χ3v) is 3.73. The van der Waals surface area contributed by atoms with Crippen LogP contribution in [-0.2, 0) is 26.0 Å². The summed E-state index contributed by atoms with van der Waals surface area (Å²) >= 11 is 0. The van der Waals surface area contributed by atoms with Crippen LogP contribution in [0, 0.1) is 0 Å². The lowest BCUT2D eigenvalue weighted by Gasteiger charge is -2.10. The molecule has 0 aliphatic heterocycles. The highest BCUT2D eigenvalue weighted by Crippen LogP contribution is 2.01. The van der Waals surface area contributed by atoms with Gasteiger partial charge in [-0.1, -0.05) is 30.3 Å². The van der Waals surface area contributed by atoms with Gasteiger partial charge in [0.25, 0.3) is 5.91 Å². The second-order valence-corrected chi connectivity index (χ2v) is 5.74. The minimum atomic E-state index is -3.61. The van der Waals surface area contributed by atoms with E-state index in [1.807, 2.05) is 35.1 Å². The fraction of sp³-hybridized carbons (Fsp3) is 0.417. The first kappa shape index (κ1) is 14.7. The maximum absolute atomic E-state index is 11.6. The summed E-state index contributed by atoms with van der Waals surface area (Å²) < 4.78 is 30.0. The van der Waals surface area contributed by atoms with Gasteiger partial charge in [0.1, 0.15) is 6.10 Å². The first-order chi connectivity index (χ1) is 8.44. The summed E-state index contributed by atoms with van der Waals surface area (Å²) in [6.45, 7) is 1.49. The summed E-state index contributed by atoms with van der Waals surface area (Å²) in [5.74, 6) is -0.773. The molecule has 1 aromatic carbocycles. The van der Waals surface area contributed by atoms with E-state index in [1.165, 1.54) is 14.0 Å². The monoisotopic (exact) mass is 271 g/mol. The molecule has 1 N–H and O–H groups in total. The van der Waals surface area contributed by atoms with Crippen LogP contribution in [0.4, 0.5) is 0 Å². The van der Waals surface area contributed by atoms with Gasteiger partial charge in [-0.05, 0) is 18.9 Å². The number of rotatable bonds is 6. The lowest BCUT2D eigenvalue weighted by Crippen LogP contribution is -2.39. The summed E-state index contributed by atoms with van der Waals surface area (Å²) in [6, 6.07) is 9.23. The minimum absolute atomic E-state index is 0.126. The molecule has 0 spiro atoms. The Labute approximate surface area is 107 Å². The van der Waals surface area contributed by atoms with Crippen LogP contribution in [0.1, 0.15) is 12.5 Å². The van der Waals surface area contributed by atoms with Crippen LogP contribution in [0.5, 0.6) is 0 Å². The summed E-state index contributed by atoms with van der Waals surface area (Å²) in [4.78, 5) is 11.4. The van der Waals surface area contributed by atoms with Gasteiger partial charge < -0.3 is 4.74 Å². The Morgan fingerprint density at radius 1 is 1.33 bits per heavy atom. The number of carbonyl (C=O) groups excluding carboxylic acids is 1. The van der Waals surface area contributed by atoms with E-state index in [-0.39, 0.29) is 5.75 Å². The zero-order valence-corrected chi connectivity index (χ0v) is 11.2. The summed E-state index contributed by atoms with van der Waals surface area (Å²) in [6.07, 6.45) is -0.415. The summed E-state index contributed by atoms with van der Waals surface area (Å²) in [5, 5.41) is 0. The molecule has 100 valence electrons. The molecule has 0 bridgehead atoms. The van der Waals surface area contributed by atoms with Crippen molar-refractivity contribution in [3.8, 4) is 0 Å². The number of benzene rings is 1. The van der Waals surface area contributed by atoms with Crippen LogP contribution >= 0.6 is 0 Å². The van der Waals surface area contributed by atoms with E-state index in [0.717, 1.165) is 5.56 Å². The van der Waals surface area contributed by atoms with Crippen molar-refractivity contribution < 1.29 is 17.9 Å². The van der Waals surface area contributed by atoms with Gasteiger partial charge in [0.2, 0.25) is 10.0 Å². The Bertz CT molecular complexity index is 484. The Morgan fingerprint density at radius 2 is 1.94 bits per heavy atom. The van der Waals surface area contributed by atoms with Crippen LogP contribution in [0.3, 0.4) is 0 Å². The Balaban J connectivity index is 2.53. The van der Waals surface area contributed by atoms with Crippen LogP contribution in [-0.4, -0.2) is 33.3 Å². The average molecular weight is 271 g/mol. The third kappa shape index (κ3) is 4.85. The molecular formula is C12H17NO4S. The van der Waals surface area contributed by atoms with Crippen LogP contribution in [0.25, 0.3) is 0 Å². The predicted molar refractivity (Wildman–Crippen MR) is 68.5 cm³/mol. The highest BCUT2D eigenvalue weighted by Gasteiger charge is 2.19. The van der Waals surface area contributed by atoms with Crippen molar-refractivity contribution in [1.29, 1.82) is 0 Å². The van der Waals surface area contributed by atoms with E-state index in [9.17, 15) is 13.2 Å². The number of aryl methyl sites for hydroxylation is 1. The third-order valence-electron chi connectivity index (χ3n) is 2.48. The highest BCUT2D eigenvalue weighted by molar-refractivity contribution is 7.90. The highest BCUT2D eigenvalue weighted by atomic mass is 32.2. The molecule has 6 heteroatoms. The summed E-state index contributed by atoms with van der Waals surface area (Å²) in [5.41, 5.74) is 0.912. The molecule has 0 heterocycles. The number of nitrogens with one attached hydrogen (secondary N) is 1. The van der Waals surface area contributed by atoms with Gasteiger partial charge in [-0.3, -0.25) is 9.52 Å². The lowest BCUT2D eigenvalue weighted by molar-refractivity contribution is -0.128. The maximum Gasteiger partial charge on any atom is 0.262 e. The molecule has 0 aliphatic rings. The van der Waals surface area contributed by atoms with Crippen molar-refractivity contribution in [2.24, 2.45) is 0 Å². The Morgan fingerprint density at radius 3 is 2.50 bits per heavy atom. The quantitative estimate of drug-likeness (QED) is 0.827. The molecule has 1 rings (SSSR count). The number of hydrogen-bond donors (Lipinski definition) is 1. The van der Waals surface area contributed by atoms with Gasteiger partial charge >= 0.3 is 0 Å². The molecule has 5 nitrogen and oxygen atoms in total. The fourth-order valence-corrected chi connectivity index (χ4v) is 2.37. The Hall–Kier alpha value is -1.40.